The number of hydrogen-bond donors (Lipinski definition) is 1. The molecule has 2 rings (SSSR count). The van der Waals surface area contributed by atoms with Crippen LogP contribution in [0, 0.1) is 16.7 Å². The molecule has 2 aromatic rings. The average Bonchev–Trinajstić information content (AvgIpc) is 2.43. The van der Waals surface area contributed by atoms with Crippen LogP contribution in [0.4, 0.5) is 5.69 Å². The molecule has 0 saturated carbocycles. The van der Waals surface area contributed by atoms with Crippen molar-refractivity contribution < 1.29 is 0 Å². The van der Waals surface area contributed by atoms with Gasteiger partial charge >= 0.3 is 0 Å². The lowest BCUT2D eigenvalue weighted by atomic mass is 9.92. The molecule has 4 nitrogen and oxygen atoms in total. The molecule has 0 aliphatic rings. The molecule has 1 aromatic carbocycles. The molecule has 0 fully saturated rings. The maximum atomic E-state index is 9.31. The van der Waals surface area contributed by atoms with Gasteiger partial charge < -0.3 is 10.2 Å². The van der Waals surface area contributed by atoms with Gasteiger partial charge in [0.05, 0.1) is 16.8 Å². The first-order valence-corrected chi connectivity index (χ1v) is 7.09. The summed E-state index contributed by atoms with van der Waals surface area (Å²) in [5, 5.41) is 13.8. The van der Waals surface area contributed by atoms with Crippen molar-refractivity contribution in [3.05, 3.63) is 36.0 Å². The van der Waals surface area contributed by atoms with Crippen LogP contribution in [0.1, 0.15) is 19.4 Å². The van der Waals surface area contributed by atoms with Crippen molar-refractivity contribution in [3.8, 4) is 6.07 Å². The number of nitriles is 1. The number of pyridine rings is 1. The predicted octanol–water partition coefficient (Wildman–Crippen LogP) is 3.11. The summed E-state index contributed by atoms with van der Waals surface area (Å²) >= 11 is 0. The Balaban J connectivity index is 2.31. The van der Waals surface area contributed by atoms with Crippen molar-refractivity contribution in [2.75, 3.05) is 32.5 Å². The molecule has 1 N–H and O–H groups in total. The summed E-state index contributed by atoms with van der Waals surface area (Å²) < 4.78 is 0. The van der Waals surface area contributed by atoms with E-state index in [0.717, 1.165) is 29.7 Å². The van der Waals surface area contributed by atoms with Crippen LogP contribution in [0.2, 0.25) is 0 Å². The smallest absolute Gasteiger partial charge is 0.103 e. The SMILES string of the molecule is CN(C)CC(C)(C)CNc1c(C#N)cnc2ccccc12. The van der Waals surface area contributed by atoms with Gasteiger partial charge in [0, 0.05) is 24.7 Å². The Labute approximate surface area is 126 Å². The Morgan fingerprint density at radius 2 is 2.00 bits per heavy atom. The summed E-state index contributed by atoms with van der Waals surface area (Å²) in [5.74, 6) is 0. The maximum absolute atomic E-state index is 9.31. The van der Waals surface area contributed by atoms with E-state index in [0.29, 0.717) is 5.56 Å². The number of nitrogens with one attached hydrogen (secondary N) is 1. The second-order valence-electron chi connectivity index (χ2n) is 6.43. The third-order valence-corrected chi connectivity index (χ3v) is 3.38. The minimum Gasteiger partial charge on any atom is -0.383 e. The second-order valence-corrected chi connectivity index (χ2v) is 6.43. The van der Waals surface area contributed by atoms with E-state index >= 15 is 0 Å². The first-order chi connectivity index (χ1) is 9.93. The van der Waals surface area contributed by atoms with E-state index in [-0.39, 0.29) is 5.41 Å². The molecular formula is C17H22N4. The van der Waals surface area contributed by atoms with Crippen molar-refractivity contribution >= 4 is 16.6 Å². The van der Waals surface area contributed by atoms with Gasteiger partial charge in [-0.1, -0.05) is 32.0 Å². The van der Waals surface area contributed by atoms with E-state index in [1.165, 1.54) is 0 Å². The van der Waals surface area contributed by atoms with Gasteiger partial charge in [0.2, 0.25) is 0 Å². The number of para-hydroxylation sites is 1. The zero-order valence-electron chi connectivity index (χ0n) is 13.1. The fourth-order valence-electron chi connectivity index (χ4n) is 2.66. The quantitative estimate of drug-likeness (QED) is 0.915. The van der Waals surface area contributed by atoms with Crippen molar-refractivity contribution in [2.24, 2.45) is 5.41 Å². The summed E-state index contributed by atoms with van der Waals surface area (Å²) in [5.41, 5.74) is 2.49. The number of rotatable bonds is 5. The van der Waals surface area contributed by atoms with E-state index in [2.05, 4.69) is 49.2 Å². The monoisotopic (exact) mass is 282 g/mol. The molecule has 0 spiro atoms. The summed E-state index contributed by atoms with van der Waals surface area (Å²) in [6.45, 7) is 6.21. The Morgan fingerprint density at radius 3 is 2.67 bits per heavy atom. The van der Waals surface area contributed by atoms with Gasteiger partial charge in [-0.2, -0.15) is 5.26 Å². The average molecular weight is 282 g/mol. The Kier molecular flexibility index (Phi) is 4.44. The highest BCUT2D eigenvalue weighted by Gasteiger charge is 2.20. The summed E-state index contributed by atoms with van der Waals surface area (Å²) in [4.78, 5) is 6.51. The summed E-state index contributed by atoms with van der Waals surface area (Å²) in [6.07, 6.45) is 1.64. The molecule has 0 saturated heterocycles. The van der Waals surface area contributed by atoms with E-state index in [1.54, 1.807) is 6.20 Å². The topological polar surface area (TPSA) is 52.0 Å². The van der Waals surface area contributed by atoms with E-state index in [9.17, 15) is 5.26 Å². The number of nitrogens with zero attached hydrogens (tertiary/aromatic N) is 3. The zero-order valence-corrected chi connectivity index (χ0v) is 13.1. The normalized spacial score (nSPS) is 11.6. The molecule has 0 atom stereocenters. The van der Waals surface area contributed by atoms with Crippen molar-refractivity contribution in [2.45, 2.75) is 13.8 Å². The van der Waals surface area contributed by atoms with E-state index < -0.39 is 0 Å². The van der Waals surface area contributed by atoms with Gasteiger partial charge in [-0.05, 0) is 25.6 Å². The van der Waals surface area contributed by atoms with Gasteiger partial charge in [-0.3, -0.25) is 4.98 Å². The minimum atomic E-state index is 0.112. The van der Waals surface area contributed by atoms with Crippen molar-refractivity contribution in [1.82, 2.24) is 9.88 Å². The standard InChI is InChI=1S/C17H22N4/c1-17(2,12-21(3)4)11-20-16-13(9-18)10-19-15-8-6-5-7-14(15)16/h5-8,10H,11-12H2,1-4H3,(H,19,20). The number of fused-ring (bicyclic) bond motifs is 1. The third kappa shape index (κ3) is 3.71. The zero-order chi connectivity index (χ0) is 15.5. The molecule has 1 aromatic heterocycles. The first-order valence-electron chi connectivity index (χ1n) is 7.09. The highest BCUT2D eigenvalue weighted by atomic mass is 15.1. The van der Waals surface area contributed by atoms with Gasteiger partial charge in [-0.15, -0.1) is 0 Å². The van der Waals surface area contributed by atoms with Crippen LogP contribution in [0.15, 0.2) is 30.5 Å². The molecule has 110 valence electrons. The Bertz CT molecular complexity index is 668. The Morgan fingerprint density at radius 1 is 1.29 bits per heavy atom. The van der Waals surface area contributed by atoms with Crippen LogP contribution in [-0.4, -0.2) is 37.1 Å². The predicted molar refractivity (Wildman–Crippen MR) is 87.3 cm³/mol. The molecule has 1 heterocycles. The fraction of sp³-hybridized carbons (Fsp3) is 0.412. The second kappa shape index (κ2) is 6.11. The van der Waals surface area contributed by atoms with Gasteiger partial charge in [0.15, 0.2) is 0 Å². The fourth-order valence-corrected chi connectivity index (χ4v) is 2.66. The van der Waals surface area contributed by atoms with Crippen LogP contribution in [0.25, 0.3) is 10.9 Å². The number of hydrogen-bond acceptors (Lipinski definition) is 4. The van der Waals surface area contributed by atoms with Crippen LogP contribution >= 0.6 is 0 Å². The molecule has 4 heteroatoms. The van der Waals surface area contributed by atoms with Crippen LogP contribution < -0.4 is 5.32 Å². The third-order valence-electron chi connectivity index (χ3n) is 3.38. The van der Waals surface area contributed by atoms with Gasteiger partial charge in [-0.25, -0.2) is 0 Å². The lowest BCUT2D eigenvalue weighted by Gasteiger charge is -2.29. The van der Waals surface area contributed by atoms with Crippen LogP contribution in [-0.2, 0) is 0 Å². The highest BCUT2D eigenvalue weighted by Crippen LogP contribution is 2.27. The molecule has 21 heavy (non-hydrogen) atoms. The molecule has 0 radical (unpaired) electrons. The molecule has 0 aliphatic carbocycles. The number of aromatic nitrogens is 1. The van der Waals surface area contributed by atoms with E-state index in [4.69, 9.17) is 0 Å². The molecule has 0 unspecified atom stereocenters. The Hall–Kier alpha value is -2.12. The van der Waals surface area contributed by atoms with Crippen molar-refractivity contribution in [1.29, 1.82) is 5.26 Å². The highest BCUT2D eigenvalue weighted by molar-refractivity contribution is 5.93. The lowest BCUT2D eigenvalue weighted by molar-refractivity contribution is 0.254. The van der Waals surface area contributed by atoms with Crippen LogP contribution in [0.3, 0.4) is 0 Å². The molecular weight excluding hydrogens is 260 g/mol. The number of anilines is 1. The minimum absolute atomic E-state index is 0.112. The summed E-state index contributed by atoms with van der Waals surface area (Å²) in [7, 11) is 4.15. The van der Waals surface area contributed by atoms with Gasteiger partial charge in [0.1, 0.15) is 6.07 Å². The summed E-state index contributed by atoms with van der Waals surface area (Å²) in [6, 6.07) is 10.1. The van der Waals surface area contributed by atoms with Crippen LogP contribution in [0.5, 0.6) is 0 Å². The largest absolute Gasteiger partial charge is 0.383 e. The van der Waals surface area contributed by atoms with E-state index in [1.807, 2.05) is 24.3 Å². The molecule has 0 aliphatic heterocycles. The molecule has 0 bridgehead atoms. The molecule has 0 amide bonds. The van der Waals surface area contributed by atoms with Gasteiger partial charge in [0.25, 0.3) is 0 Å². The van der Waals surface area contributed by atoms with Crippen molar-refractivity contribution in [3.63, 3.8) is 0 Å². The first kappa shape index (κ1) is 15.3. The maximum Gasteiger partial charge on any atom is 0.103 e. The lowest BCUT2D eigenvalue weighted by Crippen LogP contribution is -2.34. The number of benzene rings is 1.